The predicted octanol–water partition coefficient (Wildman–Crippen LogP) is 5.05. The maximum Gasteiger partial charge on any atom is 0.416 e. The molecule has 0 saturated carbocycles. The molecule has 0 spiro atoms. The van der Waals surface area contributed by atoms with Crippen LogP contribution < -0.4 is 26.2 Å². The van der Waals surface area contributed by atoms with Crippen molar-refractivity contribution in [2.75, 3.05) is 10.2 Å². The van der Waals surface area contributed by atoms with Gasteiger partial charge in [-0.3, -0.25) is 13.9 Å². The fraction of sp³-hybridized carbons (Fsp3) is 0.304. The van der Waals surface area contributed by atoms with E-state index in [-0.39, 0.29) is 30.7 Å². The molecule has 37 heavy (non-hydrogen) atoms. The van der Waals surface area contributed by atoms with Gasteiger partial charge in [0.25, 0.3) is 11.9 Å². The number of benzene rings is 2. The van der Waals surface area contributed by atoms with E-state index >= 15 is 0 Å². The molecule has 1 aliphatic heterocycles. The SMILES string of the molecule is CCn1c2c(c(=O)n(C)c1=O)N(Cc1ccc(Cl)cc1)C(Oc1cc(C(F)(F)F)cc(C(F)(F)F)c1)N2. The normalized spacial score (nSPS) is 15.5. The second kappa shape index (κ2) is 9.36. The molecule has 0 radical (unpaired) electrons. The summed E-state index contributed by atoms with van der Waals surface area (Å²) in [5.74, 6) is -0.714. The highest BCUT2D eigenvalue weighted by molar-refractivity contribution is 6.30. The summed E-state index contributed by atoms with van der Waals surface area (Å²) in [4.78, 5) is 27.0. The maximum atomic E-state index is 13.4. The van der Waals surface area contributed by atoms with E-state index in [2.05, 4.69) is 5.32 Å². The minimum absolute atomic E-state index is 0.0142. The van der Waals surface area contributed by atoms with E-state index in [0.29, 0.717) is 22.7 Å². The first kappa shape index (κ1) is 26.5. The molecule has 2 heterocycles. The molecule has 1 atom stereocenters. The van der Waals surface area contributed by atoms with Gasteiger partial charge >= 0.3 is 18.0 Å². The zero-order valence-electron chi connectivity index (χ0n) is 19.2. The second-order valence-corrected chi connectivity index (χ2v) is 8.64. The molecular formula is C23H19ClF6N4O3. The number of hydrogen-bond acceptors (Lipinski definition) is 5. The molecule has 0 bridgehead atoms. The Morgan fingerprint density at radius 2 is 1.54 bits per heavy atom. The van der Waals surface area contributed by atoms with Crippen LogP contribution in [0, 0.1) is 0 Å². The van der Waals surface area contributed by atoms with Crippen LogP contribution in [0.2, 0.25) is 5.02 Å². The minimum atomic E-state index is -5.08. The van der Waals surface area contributed by atoms with Crippen molar-refractivity contribution in [1.29, 1.82) is 0 Å². The van der Waals surface area contributed by atoms with Crippen molar-refractivity contribution in [1.82, 2.24) is 9.13 Å². The third kappa shape index (κ3) is 5.13. The van der Waals surface area contributed by atoms with Crippen LogP contribution >= 0.6 is 11.6 Å². The van der Waals surface area contributed by atoms with E-state index < -0.39 is 46.8 Å². The van der Waals surface area contributed by atoms with Crippen LogP contribution in [0.4, 0.5) is 37.8 Å². The van der Waals surface area contributed by atoms with Crippen molar-refractivity contribution < 1.29 is 31.1 Å². The fourth-order valence-electron chi connectivity index (χ4n) is 3.93. The first-order chi connectivity index (χ1) is 17.2. The summed E-state index contributed by atoms with van der Waals surface area (Å²) in [5, 5.41) is 3.20. The molecular weight excluding hydrogens is 530 g/mol. The quantitative estimate of drug-likeness (QED) is 0.452. The Morgan fingerprint density at radius 3 is 2.05 bits per heavy atom. The van der Waals surface area contributed by atoms with Crippen LogP contribution in [0.25, 0.3) is 0 Å². The number of nitrogens with one attached hydrogen (secondary N) is 1. The Labute approximate surface area is 210 Å². The van der Waals surface area contributed by atoms with Gasteiger partial charge in [-0.1, -0.05) is 23.7 Å². The van der Waals surface area contributed by atoms with Gasteiger partial charge in [-0.25, -0.2) is 4.79 Å². The zero-order valence-corrected chi connectivity index (χ0v) is 20.0. The highest BCUT2D eigenvalue weighted by Gasteiger charge is 2.40. The van der Waals surface area contributed by atoms with Crippen molar-refractivity contribution >= 4 is 23.1 Å². The van der Waals surface area contributed by atoms with Crippen LogP contribution in [0.1, 0.15) is 23.6 Å². The van der Waals surface area contributed by atoms with Gasteiger partial charge in [0.15, 0.2) is 0 Å². The van der Waals surface area contributed by atoms with Crippen molar-refractivity contribution in [3.63, 3.8) is 0 Å². The number of hydrogen-bond donors (Lipinski definition) is 1. The largest absolute Gasteiger partial charge is 0.452 e. The number of alkyl halides is 6. The second-order valence-electron chi connectivity index (χ2n) is 8.20. The maximum absolute atomic E-state index is 13.4. The first-order valence-corrected chi connectivity index (χ1v) is 11.2. The summed E-state index contributed by atoms with van der Waals surface area (Å²) in [6, 6.07) is 7.26. The lowest BCUT2D eigenvalue weighted by molar-refractivity contribution is -0.143. The van der Waals surface area contributed by atoms with Crippen molar-refractivity contribution in [3.8, 4) is 5.75 Å². The van der Waals surface area contributed by atoms with Crippen LogP contribution in [0.3, 0.4) is 0 Å². The minimum Gasteiger partial charge on any atom is -0.452 e. The van der Waals surface area contributed by atoms with Gasteiger partial charge in [0.1, 0.15) is 17.3 Å². The van der Waals surface area contributed by atoms with Gasteiger partial charge in [0, 0.05) is 25.2 Å². The lowest BCUT2D eigenvalue weighted by Gasteiger charge is -2.27. The van der Waals surface area contributed by atoms with Gasteiger partial charge in [-0.2, -0.15) is 26.3 Å². The molecule has 1 aliphatic rings. The Morgan fingerprint density at radius 1 is 0.973 bits per heavy atom. The molecule has 1 aromatic heterocycles. The van der Waals surface area contributed by atoms with Crippen LogP contribution in [0.15, 0.2) is 52.1 Å². The van der Waals surface area contributed by atoms with E-state index in [1.54, 1.807) is 31.2 Å². The molecule has 198 valence electrons. The summed E-state index contributed by atoms with van der Waals surface area (Å²) < 4.78 is 87.8. The Hall–Kier alpha value is -3.61. The molecule has 1 unspecified atom stereocenters. The van der Waals surface area contributed by atoms with Crippen molar-refractivity contribution in [2.24, 2.45) is 7.05 Å². The lowest BCUT2D eigenvalue weighted by Crippen LogP contribution is -2.43. The summed E-state index contributed by atoms with van der Waals surface area (Å²) in [5.41, 5.74) is -3.94. The molecule has 0 saturated heterocycles. The van der Waals surface area contributed by atoms with Crippen LogP contribution in [0.5, 0.6) is 5.75 Å². The third-order valence-corrected chi connectivity index (χ3v) is 5.99. The smallest absolute Gasteiger partial charge is 0.416 e. The van der Waals surface area contributed by atoms with Gasteiger partial charge in [0.05, 0.1) is 11.1 Å². The standard InChI is InChI=1S/C23H19ClF6N4O3/c1-3-33-18-17(19(35)32(2)21(33)36)34(11-12-4-6-15(24)7-5-12)20(31-18)37-16-9-13(22(25,26)27)8-14(10-16)23(28,29)30/h4-10,20,31H,3,11H2,1-2H3. The van der Waals surface area contributed by atoms with Crippen LogP contribution in [-0.4, -0.2) is 15.5 Å². The van der Waals surface area contributed by atoms with E-state index in [9.17, 15) is 35.9 Å². The molecule has 2 aromatic carbocycles. The Bertz CT molecular complexity index is 1420. The third-order valence-electron chi connectivity index (χ3n) is 5.74. The summed E-state index contributed by atoms with van der Waals surface area (Å²) >= 11 is 5.93. The van der Waals surface area contributed by atoms with Crippen LogP contribution in [-0.2, 0) is 32.5 Å². The Balaban J connectivity index is 1.84. The topological polar surface area (TPSA) is 68.5 Å². The molecule has 14 heteroatoms. The lowest BCUT2D eigenvalue weighted by atomic mass is 10.1. The van der Waals surface area contributed by atoms with Gasteiger partial charge in [-0.15, -0.1) is 0 Å². The van der Waals surface area contributed by atoms with E-state index in [4.69, 9.17) is 16.3 Å². The predicted molar refractivity (Wildman–Crippen MR) is 124 cm³/mol. The van der Waals surface area contributed by atoms with E-state index in [0.717, 1.165) is 4.57 Å². The van der Waals surface area contributed by atoms with Crippen molar-refractivity contribution in [3.05, 3.63) is 85.0 Å². The highest BCUT2D eigenvalue weighted by Crippen LogP contribution is 2.40. The number of fused-ring (bicyclic) bond motifs is 1. The zero-order chi connectivity index (χ0) is 27.3. The average molecular weight is 549 g/mol. The van der Waals surface area contributed by atoms with Gasteiger partial charge in [0.2, 0.25) is 0 Å². The fourth-order valence-corrected chi connectivity index (χ4v) is 4.05. The Kier molecular flexibility index (Phi) is 6.69. The number of anilines is 2. The summed E-state index contributed by atoms with van der Waals surface area (Å²) in [6.45, 7) is 1.70. The summed E-state index contributed by atoms with van der Waals surface area (Å²) in [6.07, 6.45) is -11.6. The van der Waals surface area contributed by atoms with Gasteiger partial charge in [-0.05, 0) is 42.8 Å². The highest BCUT2D eigenvalue weighted by atomic mass is 35.5. The van der Waals surface area contributed by atoms with E-state index in [1.165, 1.54) is 16.5 Å². The molecule has 0 amide bonds. The number of ether oxygens (including phenoxy) is 1. The number of halogens is 7. The molecule has 0 fully saturated rings. The monoisotopic (exact) mass is 548 g/mol. The van der Waals surface area contributed by atoms with Gasteiger partial charge < -0.3 is 15.0 Å². The molecule has 1 N–H and O–H groups in total. The molecule has 3 aromatic rings. The first-order valence-electron chi connectivity index (χ1n) is 10.8. The molecule has 4 rings (SSSR count). The number of rotatable bonds is 5. The number of nitrogens with zero attached hydrogens (tertiary/aromatic N) is 3. The van der Waals surface area contributed by atoms with Crippen molar-refractivity contribution in [2.45, 2.75) is 38.7 Å². The van der Waals surface area contributed by atoms with E-state index in [1.807, 2.05) is 0 Å². The average Bonchev–Trinajstić information content (AvgIpc) is 3.15. The molecule has 7 nitrogen and oxygen atoms in total. The number of aromatic nitrogens is 2. The molecule has 0 aliphatic carbocycles. The summed E-state index contributed by atoms with van der Waals surface area (Å²) in [7, 11) is 1.26.